The van der Waals surface area contributed by atoms with Gasteiger partial charge >= 0.3 is 6.18 Å². The van der Waals surface area contributed by atoms with Gasteiger partial charge in [-0.3, -0.25) is 0 Å². The van der Waals surface area contributed by atoms with Gasteiger partial charge in [0, 0.05) is 5.69 Å². The normalized spacial score (nSPS) is 11.4. The molecule has 3 N–H and O–H groups in total. The molecule has 1 heterocycles. The highest BCUT2D eigenvalue weighted by molar-refractivity contribution is 9.10. The highest BCUT2D eigenvalue weighted by atomic mass is 79.9. The number of aromatic nitrogens is 2. The van der Waals surface area contributed by atoms with Crippen LogP contribution in [0.25, 0.3) is 0 Å². The van der Waals surface area contributed by atoms with Gasteiger partial charge in [-0.05, 0) is 34.1 Å². The highest BCUT2D eigenvalue weighted by Crippen LogP contribution is 2.34. The lowest BCUT2D eigenvalue weighted by atomic mass is 10.2. The number of nitrogen functional groups attached to an aromatic ring is 1. The Hall–Kier alpha value is -1.90. The summed E-state index contributed by atoms with van der Waals surface area (Å²) in [5.41, 5.74) is 4.18. The van der Waals surface area contributed by atoms with Crippen molar-refractivity contribution < 1.29 is 17.6 Å². The molecule has 1 aromatic carbocycles. The minimum absolute atomic E-state index is 0.0255. The van der Waals surface area contributed by atoms with Gasteiger partial charge in [0.2, 0.25) is 0 Å². The smallest absolute Gasteiger partial charge is 0.383 e. The van der Waals surface area contributed by atoms with Crippen LogP contribution in [-0.4, -0.2) is 9.97 Å². The molecule has 0 saturated carbocycles. The molecule has 0 aliphatic heterocycles. The van der Waals surface area contributed by atoms with Crippen LogP contribution in [0, 0.1) is 5.82 Å². The van der Waals surface area contributed by atoms with E-state index in [2.05, 4.69) is 31.2 Å². The van der Waals surface area contributed by atoms with Gasteiger partial charge in [-0.15, -0.1) is 0 Å². The van der Waals surface area contributed by atoms with Crippen LogP contribution in [0.15, 0.2) is 29.0 Å². The number of halogens is 5. The third-order valence-corrected chi connectivity index (χ3v) is 3.13. The molecule has 9 heteroatoms. The van der Waals surface area contributed by atoms with Gasteiger partial charge in [-0.2, -0.15) is 13.2 Å². The summed E-state index contributed by atoms with van der Waals surface area (Å²) in [6, 6.07) is 2.54. The van der Waals surface area contributed by atoms with Crippen molar-refractivity contribution in [3.8, 4) is 0 Å². The first kappa shape index (κ1) is 14.5. The zero-order chi connectivity index (χ0) is 14.9. The number of anilines is 3. The van der Waals surface area contributed by atoms with E-state index in [1.807, 2.05) is 0 Å². The molecular weight excluding hydrogens is 344 g/mol. The van der Waals surface area contributed by atoms with Crippen molar-refractivity contribution in [1.82, 2.24) is 9.97 Å². The fourth-order valence-corrected chi connectivity index (χ4v) is 1.73. The lowest BCUT2D eigenvalue weighted by Gasteiger charge is -2.12. The highest BCUT2D eigenvalue weighted by Gasteiger charge is 2.34. The maximum Gasteiger partial charge on any atom is 0.419 e. The van der Waals surface area contributed by atoms with E-state index < -0.39 is 17.6 Å². The van der Waals surface area contributed by atoms with E-state index in [1.165, 1.54) is 0 Å². The van der Waals surface area contributed by atoms with Crippen molar-refractivity contribution >= 4 is 33.3 Å². The predicted octanol–water partition coefficient (Wildman–Crippen LogP) is 3.72. The Morgan fingerprint density at radius 1 is 1.20 bits per heavy atom. The minimum atomic E-state index is -4.77. The number of hydrogen-bond acceptors (Lipinski definition) is 4. The van der Waals surface area contributed by atoms with Crippen LogP contribution in [0.5, 0.6) is 0 Å². The van der Waals surface area contributed by atoms with E-state index in [9.17, 15) is 17.6 Å². The van der Waals surface area contributed by atoms with Crippen LogP contribution in [-0.2, 0) is 6.18 Å². The summed E-state index contributed by atoms with van der Waals surface area (Å²) < 4.78 is 51.2. The molecule has 1 aromatic heterocycles. The predicted molar refractivity (Wildman–Crippen MR) is 68.8 cm³/mol. The summed E-state index contributed by atoms with van der Waals surface area (Å²) in [5.74, 6) is -1.04. The SMILES string of the molecule is Nc1ncnc(Nc2ccc(F)c(C(F)(F)F)c2)c1Br. The molecule has 20 heavy (non-hydrogen) atoms. The Kier molecular flexibility index (Phi) is 3.80. The quantitative estimate of drug-likeness (QED) is 0.810. The Morgan fingerprint density at radius 3 is 2.55 bits per heavy atom. The molecule has 0 amide bonds. The first-order chi connectivity index (χ1) is 9.29. The number of benzene rings is 1. The van der Waals surface area contributed by atoms with E-state index in [0.29, 0.717) is 10.5 Å². The second kappa shape index (κ2) is 5.23. The van der Waals surface area contributed by atoms with Gasteiger partial charge < -0.3 is 11.1 Å². The van der Waals surface area contributed by atoms with Crippen molar-refractivity contribution in [2.24, 2.45) is 0 Å². The second-order valence-corrected chi connectivity index (χ2v) is 4.53. The van der Waals surface area contributed by atoms with E-state index in [4.69, 9.17) is 5.73 Å². The first-order valence-corrected chi connectivity index (χ1v) is 5.98. The summed E-state index contributed by atoms with van der Waals surface area (Å²) in [6.07, 6.45) is -3.62. The molecule has 0 bridgehead atoms. The molecule has 0 aliphatic carbocycles. The number of nitrogens with two attached hydrogens (primary N) is 1. The molecular formula is C11H7BrF4N4. The van der Waals surface area contributed by atoms with E-state index in [1.54, 1.807) is 0 Å². The molecule has 2 aromatic rings. The molecule has 106 valence electrons. The Balaban J connectivity index is 2.38. The number of alkyl halides is 3. The Bertz CT molecular complexity index is 645. The molecule has 0 spiro atoms. The van der Waals surface area contributed by atoms with Crippen molar-refractivity contribution in [3.63, 3.8) is 0 Å². The fraction of sp³-hybridized carbons (Fsp3) is 0.0909. The Morgan fingerprint density at radius 2 is 1.90 bits per heavy atom. The number of nitrogens with one attached hydrogen (secondary N) is 1. The van der Waals surface area contributed by atoms with E-state index in [-0.39, 0.29) is 17.3 Å². The van der Waals surface area contributed by atoms with Crippen LogP contribution in [0.4, 0.5) is 34.9 Å². The van der Waals surface area contributed by atoms with Gasteiger partial charge in [0.05, 0.1) is 5.56 Å². The van der Waals surface area contributed by atoms with Crippen LogP contribution < -0.4 is 11.1 Å². The minimum Gasteiger partial charge on any atom is -0.383 e. The Labute approximate surface area is 119 Å². The summed E-state index contributed by atoms with van der Waals surface area (Å²) >= 11 is 3.10. The van der Waals surface area contributed by atoms with Gasteiger partial charge in [0.15, 0.2) is 0 Å². The molecule has 0 aliphatic rings. The van der Waals surface area contributed by atoms with Crippen molar-refractivity contribution in [3.05, 3.63) is 40.4 Å². The maximum absolute atomic E-state index is 13.1. The van der Waals surface area contributed by atoms with Crippen molar-refractivity contribution in [1.29, 1.82) is 0 Å². The van der Waals surface area contributed by atoms with Gasteiger partial charge in [-0.1, -0.05) is 0 Å². The lowest BCUT2D eigenvalue weighted by Crippen LogP contribution is -2.09. The van der Waals surface area contributed by atoms with Crippen LogP contribution in [0.3, 0.4) is 0 Å². The largest absolute Gasteiger partial charge is 0.419 e. The fourth-order valence-electron chi connectivity index (χ4n) is 1.43. The molecule has 0 atom stereocenters. The van der Waals surface area contributed by atoms with Gasteiger partial charge in [0.25, 0.3) is 0 Å². The van der Waals surface area contributed by atoms with Crippen molar-refractivity contribution in [2.75, 3.05) is 11.1 Å². The molecule has 0 saturated heterocycles. The number of hydrogen-bond donors (Lipinski definition) is 2. The molecule has 0 radical (unpaired) electrons. The van der Waals surface area contributed by atoms with Crippen LogP contribution in [0.1, 0.15) is 5.56 Å². The standard InChI is InChI=1S/C11H7BrF4N4/c12-8-9(17)18-4-19-10(8)20-5-1-2-7(13)6(3-5)11(14,15)16/h1-4H,(H3,17,18,19,20). The van der Waals surface area contributed by atoms with Gasteiger partial charge in [0.1, 0.15) is 28.3 Å². The molecule has 2 rings (SSSR count). The first-order valence-electron chi connectivity index (χ1n) is 5.19. The lowest BCUT2D eigenvalue weighted by molar-refractivity contribution is -0.139. The molecule has 0 unspecified atom stereocenters. The zero-order valence-electron chi connectivity index (χ0n) is 9.67. The number of rotatable bonds is 2. The second-order valence-electron chi connectivity index (χ2n) is 3.74. The summed E-state index contributed by atoms with van der Waals surface area (Å²) in [6.45, 7) is 0. The monoisotopic (exact) mass is 350 g/mol. The summed E-state index contributed by atoms with van der Waals surface area (Å²) in [7, 11) is 0. The van der Waals surface area contributed by atoms with Crippen LogP contribution >= 0.6 is 15.9 Å². The topological polar surface area (TPSA) is 63.8 Å². The maximum atomic E-state index is 13.1. The van der Waals surface area contributed by atoms with Crippen molar-refractivity contribution in [2.45, 2.75) is 6.18 Å². The summed E-state index contributed by atoms with van der Waals surface area (Å²) in [4.78, 5) is 7.52. The summed E-state index contributed by atoms with van der Waals surface area (Å²) in [5, 5.41) is 2.61. The number of nitrogens with zero attached hydrogens (tertiary/aromatic N) is 2. The third kappa shape index (κ3) is 2.98. The van der Waals surface area contributed by atoms with Crippen LogP contribution in [0.2, 0.25) is 0 Å². The van der Waals surface area contributed by atoms with E-state index >= 15 is 0 Å². The molecule has 0 fully saturated rings. The van der Waals surface area contributed by atoms with Gasteiger partial charge in [-0.25, -0.2) is 14.4 Å². The third-order valence-electron chi connectivity index (χ3n) is 2.35. The zero-order valence-corrected chi connectivity index (χ0v) is 11.3. The average Bonchev–Trinajstić information content (AvgIpc) is 2.36. The molecule has 4 nitrogen and oxygen atoms in total. The average molecular weight is 351 g/mol. The van der Waals surface area contributed by atoms with E-state index in [0.717, 1.165) is 18.5 Å².